The highest BCUT2D eigenvalue weighted by atomic mass is 35.5. The van der Waals surface area contributed by atoms with Gasteiger partial charge in [-0.25, -0.2) is 4.98 Å². The highest BCUT2D eigenvalue weighted by molar-refractivity contribution is 7.17. The molecule has 3 rings (SSSR count). The van der Waals surface area contributed by atoms with Gasteiger partial charge in [0.05, 0.1) is 0 Å². The number of nitrogen functional groups attached to an aromatic ring is 1. The van der Waals surface area contributed by atoms with Crippen molar-refractivity contribution in [3.05, 3.63) is 39.9 Å². The molecule has 0 radical (unpaired) electrons. The van der Waals surface area contributed by atoms with Crippen molar-refractivity contribution in [2.45, 2.75) is 13.8 Å². The normalized spacial score (nSPS) is 11.3. The lowest BCUT2D eigenvalue weighted by molar-refractivity contribution is 1.12. The number of nitrogens with zero attached hydrogens (tertiary/aromatic N) is 2. The second-order valence-electron chi connectivity index (χ2n) is 4.21. The van der Waals surface area contributed by atoms with Crippen LogP contribution >= 0.6 is 22.9 Å². The molecule has 0 saturated heterocycles. The van der Waals surface area contributed by atoms with Gasteiger partial charge < -0.3 is 5.73 Å². The zero-order chi connectivity index (χ0) is 12.9. The molecule has 5 heteroatoms. The smallest absolute Gasteiger partial charge is 0.196 e. The third kappa shape index (κ3) is 1.61. The summed E-state index contributed by atoms with van der Waals surface area (Å²) >= 11 is 7.55. The Morgan fingerprint density at radius 1 is 1.22 bits per heavy atom. The van der Waals surface area contributed by atoms with Gasteiger partial charge in [0.15, 0.2) is 4.96 Å². The van der Waals surface area contributed by atoms with E-state index in [2.05, 4.69) is 18.8 Å². The molecule has 0 amide bonds. The van der Waals surface area contributed by atoms with Crippen molar-refractivity contribution in [2.75, 3.05) is 5.73 Å². The Labute approximate surface area is 114 Å². The molecule has 18 heavy (non-hydrogen) atoms. The van der Waals surface area contributed by atoms with E-state index in [-0.39, 0.29) is 0 Å². The second-order valence-corrected chi connectivity index (χ2v) is 5.83. The van der Waals surface area contributed by atoms with E-state index < -0.39 is 0 Å². The summed E-state index contributed by atoms with van der Waals surface area (Å²) in [6.07, 6.45) is 0. The number of rotatable bonds is 1. The molecule has 0 aliphatic carbocycles. The minimum absolute atomic E-state index is 0.689. The van der Waals surface area contributed by atoms with Gasteiger partial charge in [-0.15, -0.1) is 11.3 Å². The van der Waals surface area contributed by atoms with Crippen LogP contribution < -0.4 is 5.73 Å². The molecule has 0 spiro atoms. The molecule has 0 bridgehead atoms. The fraction of sp³-hybridized carbons (Fsp3) is 0.154. The molecule has 0 aliphatic heterocycles. The highest BCUT2D eigenvalue weighted by Gasteiger charge is 2.15. The average molecular weight is 278 g/mol. The number of anilines is 1. The van der Waals surface area contributed by atoms with E-state index in [1.807, 2.05) is 28.7 Å². The van der Waals surface area contributed by atoms with Crippen LogP contribution in [0, 0.1) is 13.8 Å². The van der Waals surface area contributed by atoms with Crippen LogP contribution in [0.1, 0.15) is 10.6 Å². The predicted molar refractivity (Wildman–Crippen MR) is 77.4 cm³/mol. The third-order valence-corrected chi connectivity index (χ3v) is 4.40. The molecule has 0 fully saturated rings. The Kier molecular flexibility index (Phi) is 2.57. The van der Waals surface area contributed by atoms with Gasteiger partial charge in [-0.1, -0.05) is 23.7 Å². The highest BCUT2D eigenvalue weighted by Crippen LogP contribution is 2.32. The number of halogens is 1. The fourth-order valence-electron chi connectivity index (χ4n) is 1.99. The van der Waals surface area contributed by atoms with Crippen molar-refractivity contribution in [1.29, 1.82) is 0 Å². The molecule has 0 aliphatic rings. The molecule has 2 N–H and O–H groups in total. The van der Waals surface area contributed by atoms with Crippen molar-refractivity contribution >= 4 is 33.7 Å². The Morgan fingerprint density at radius 2 is 1.89 bits per heavy atom. The number of benzene rings is 1. The van der Waals surface area contributed by atoms with Crippen LogP contribution in [0.25, 0.3) is 16.2 Å². The van der Waals surface area contributed by atoms with Crippen LogP contribution in [0.2, 0.25) is 5.02 Å². The molecule has 0 unspecified atom stereocenters. The van der Waals surface area contributed by atoms with Gasteiger partial charge in [0.2, 0.25) is 0 Å². The molecule has 92 valence electrons. The maximum Gasteiger partial charge on any atom is 0.196 e. The SMILES string of the molecule is Cc1sc2nc(-c3ccc(Cl)cc3)c(N)n2c1C. The first-order chi connectivity index (χ1) is 8.58. The summed E-state index contributed by atoms with van der Waals surface area (Å²) in [4.78, 5) is 6.79. The lowest BCUT2D eigenvalue weighted by Crippen LogP contribution is -1.95. The average Bonchev–Trinajstić information content (AvgIpc) is 2.80. The van der Waals surface area contributed by atoms with Gasteiger partial charge in [-0.05, 0) is 26.0 Å². The van der Waals surface area contributed by atoms with Gasteiger partial charge >= 0.3 is 0 Å². The van der Waals surface area contributed by atoms with Crippen LogP contribution in [0.4, 0.5) is 5.82 Å². The van der Waals surface area contributed by atoms with E-state index in [1.54, 1.807) is 11.3 Å². The maximum atomic E-state index is 6.20. The van der Waals surface area contributed by atoms with Crippen molar-refractivity contribution in [3.63, 3.8) is 0 Å². The van der Waals surface area contributed by atoms with Crippen molar-refractivity contribution < 1.29 is 0 Å². The van der Waals surface area contributed by atoms with Crippen LogP contribution in [0.15, 0.2) is 24.3 Å². The van der Waals surface area contributed by atoms with E-state index in [4.69, 9.17) is 17.3 Å². The topological polar surface area (TPSA) is 43.3 Å². The number of fused-ring (bicyclic) bond motifs is 1. The summed E-state index contributed by atoms with van der Waals surface area (Å²) < 4.78 is 2.00. The molecule has 1 aromatic carbocycles. The van der Waals surface area contributed by atoms with Crippen LogP contribution in [0.3, 0.4) is 0 Å². The molecule has 0 atom stereocenters. The Bertz CT molecular complexity index is 725. The van der Waals surface area contributed by atoms with Gasteiger partial charge in [-0.2, -0.15) is 0 Å². The summed E-state index contributed by atoms with van der Waals surface area (Å²) in [5.74, 6) is 0.689. The maximum absolute atomic E-state index is 6.20. The Hall–Kier alpha value is -1.52. The number of hydrogen-bond donors (Lipinski definition) is 1. The van der Waals surface area contributed by atoms with Crippen LogP contribution in [-0.2, 0) is 0 Å². The summed E-state index contributed by atoms with van der Waals surface area (Å²) in [7, 11) is 0. The minimum atomic E-state index is 0.689. The zero-order valence-electron chi connectivity index (χ0n) is 10.1. The third-order valence-electron chi connectivity index (χ3n) is 3.09. The van der Waals surface area contributed by atoms with Crippen molar-refractivity contribution in [3.8, 4) is 11.3 Å². The summed E-state index contributed by atoms with van der Waals surface area (Å²) in [5.41, 5.74) is 9.16. The zero-order valence-corrected chi connectivity index (χ0v) is 11.6. The molecule has 3 aromatic rings. The van der Waals surface area contributed by atoms with E-state index >= 15 is 0 Å². The van der Waals surface area contributed by atoms with E-state index in [1.165, 1.54) is 4.88 Å². The molecule has 2 aromatic heterocycles. The Morgan fingerprint density at radius 3 is 2.50 bits per heavy atom. The molecular formula is C13H12ClN3S. The monoisotopic (exact) mass is 277 g/mol. The molecule has 2 heterocycles. The lowest BCUT2D eigenvalue weighted by atomic mass is 10.1. The summed E-state index contributed by atoms with van der Waals surface area (Å²) in [6, 6.07) is 7.57. The second kappa shape index (κ2) is 4.00. The molecule has 3 nitrogen and oxygen atoms in total. The number of nitrogens with two attached hydrogens (primary N) is 1. The van der Waals surface area contributed by atoms with Gasteiger partial charge in [0.1, 0.15) is 11.5 Å². The van der Waals surface area contributed by atoms with Gasteiger partial charge in [-0.3, -0.25) is 4.40 Å². The number of imidazole rings is 1. The van der Waals surface area contributed by atoms with Crippen molar-refractivity contribution in [2.24, 2.45) is 0 Å². The number of aromatic nitrogens is 2. The van der Waals surface area contributed by atoms with E-state index in [0.717, 1.165) is 21.9 Å². The lowest BCUT2D eigenvalue weighted by Gasteiger charge is -2.00. The summed E-state index contributed by atoms with van der Waals surface area (Å²) in [6.45, 7) is 4.14. The first kappa shape index (κ1) is 11.6. The molecular weight excluding hydrogens is 266 g/mol. The summed E-state index contributed by atoms with van der Waals surface area (Å²) in [5, 5.41) is 0.713. The standard InChI is InChI=1S/C13H12ClN3S/c1-7-8(2)18-13-16-11(12(15)17(7)13)9-3-5-10(14)6-4-9/h3-6H,15H2,1-2H3. The number of hydrogen-bond acceptors (Lipinski definition) is 3. The quantitative estimate of drug-likeness (QED) is 0.733. The largest absolute Gasteiger partial charge is 0.383 e. The fourth-order valence-corrected chi connectivity index (χ4v) is 3.10. The number of aryl methyl sites for hydroxylation is 2. The first-order valence-electron chi connectivity index (χ1n) is 5.58. The number of thiazole rings is 1. The van der Waals surface area contributed by atoms with Crippen LogP contribution in [0.5, 0.6) is 0 Å². The van der Waals surface area contributed by atoms with Crippen LogP contribution in [-0.4, -0.2) is 9.38 Å². The van der Waals surface area contributed by atoms with E-state index in [0.29, 0.717) is 10.8 Å². The van der Waals surface area contributed by atoms with Crippen molar-refractivity contribution in [1.82, 2.24) is 9.38 Å². The van der Waals surface area contributed by atoms with E-state index in [9.17, 15) is 0 Å². The molecule has 0 saturated carbocycles. The van der Waals surface area contributed by atoms with Gasteiger partial charge in [0.25, 0.3) is 0 Å². The first-order valence-corrected chi connectivity index (χ1v) is 6.77. The van der Waals surface area contributed by atoms with Gasteiger partial charge in [0, 0.05) is 21.2 Å². The Balaban J connectivity index is 2.24. The minimum Gasteiger partial charge on any atom is -0.383 e. The predicted octanol–water partition coefficient (Wildman–Crippen LogP) is 3.92.